The van der Waals surface area contributed by atoms with E-state index in [0.29, 0.717) is 4.64 Å². The third kappa shape index (κ3) is 2.62. The zero-order valence-corrected chi connectivity index (χ0v) is 10.3. The molecule has 0 bridgehead atoms. The van der Waals surface area contributed by atoms with Gasteiger partial charge < -0.3 is 10.3 Å². The van der Waals surface area contributed by atoms with Crippen molar-refractivity contribution in [3.05, 3.63) is 51.8 Å². The molecule has 1 aromatic carbocycles. The maximum atomic E-state index is 5.90. The highest BCUT2D eigenvalue weighted by Crippen LogP contribution is 2.23. The molecule has 0 radical (unpaired) electrons. The molecule has 4 heteroatoms. The summed E-state index contributed by atoms with van der Waals surface area (Å²) < 4.78 is 0.705. The van der Waals surface area contributed by atoms with Crippen molar-refractivity contribution in [3.63, 3.8) is 0 Å². The number of rotatable bonds is 2. The number of aryl methyl sites for hydroxylation is 1. The minimum Gasteiger partial charge on any atom is -0.355 e. The SMILES string of the molecule is Cc1cc(Cl)ccc1Nc1cc[nH]c(=S)c1. The van der Waals surface area contributed by atoms with Gasteiger partial charge in [-0.25, -0.2) is 0 Å². The Balaban J connectivity index is 2.30. The van der Waals surface area contributed by atoms with Crippen LogP contribution in [0, 0.1) is 11.6 Å². The Hall–Kier alpha value is -1.32. The van der Waals surface area contributed by atoms with E-state index in [1.165, 1.54) is 0 Å². The zero-order chi connectivity index (χ0) is 11.5. The summed E-state index contributed by atoms with van der Waals surface area (Å²) in [7, 11) is 0. The number of hydrogen-bond donors (Lipinski definition) is 2. The number of anilines is 2. The Kier molecular flexibility index (Phi) is 3.27. The lowest BCUT2D eigenvalue weighted by molar-refractivity contribution is 1.29. The molecule has 0 atom stereocenters. The molecule has 1 heterocycles. The fourth-order valence-electron chi connectivity index (χ4n) is 1.45. The molecule has 2 aromatic rings. The van der Waals surface area contributed by atoms with Crippen LogP contribution in [-0.2, 0) is 0 Å². The van der Waals surface area contributed by atoms with E-state index in [9.17, 15) is 0 Å². The summed E-state index contributed by atoms with van der Waals surface area (Å²) in [5, 5.41) is 4.04. The largest absolute Gasteiger partial charge is 0.355 e. The van der Waals surface area contributed by atoms with Crippen molar-refractivity contribution >= 4 is 35.2 Å². The van der Waals surface area contributed by atoms with Crippen molar-refractivity contribution < 1.29 is 0 Å². The molecule has 0 unspecified atom stereocenters. The van der Waals surface area contributed by atoms with Gasteiger partial charge in [-0.3, -0.25) is 0 Å². The van der Waals surface area contributed by atoms with Crippen molar-refractivity contribution in [2.45, 2.75) is 6.92 Å². The lowest BCUT2D eigenvalue weighted by Gasteiger charge is -2.09. The lowest BCUT2D eigenvalue weighted by Crippen LogP contribution is -1.93. The summed E-state index contributed by atoms with van der Waals surface area (Å²) >= 11 is 10.9. The first-order valence-corrected chi connectivity index (χ1v) is 5.66. The minimum atomic E-state index is 0.705. The van der Waals surface area contributed by atoms with Gasteiger partial charge in [0.05, 0.1) is 0 Å². The third-order valence-electron chi connectivity index (χ3n) is 2.24. The standard InChI is InChI=1S/C12H11ClN2S/c1-8-6-9(13)2-3-11(8)15-10-4-5-14-12(16)7-10/h2-7H,1H3,(H2,14,15,16). The van der Waals surface area contributed by atoms with E-state index in [0.717, 1.165) is 22.0 Å². The maximum absolute atomic E-state index is 5.90. The van der Waals surface area contributed by atoms with E-state index in [1.807, 2.05) is 43.5 Å². The third-order valence-corrected chi connectivity index (χ3v) is 2.71. The molecule has 0 saturated carbocycles. The number of pyridine rings is 1. The number of benzene rings is 1. The summed E-state index contributed by atoms with van der Waals surface area (Å²) in [6.45, 7) is 2.01. The molecule has 1 aromatic heterocycles. The fourth-order valence-corrected chi connectivity index (χ4v) is 1.87. The molecule has 0 aliphatic carbocycles. The van der Waals surface area contributed by atoms with Gasteiger partial charge in [-0.1, -0.05) is 23.8 Å². The van der Waals surface area contributed by atoms with Crippen LogP contribution in [0.3, 0.4) is 0 Å². The Labute approximate surface area is 104 Å². The molecule has 0 fully saturated rings. The van der Waals surface area contributed by atoms with Gasteiger partial charge in [0.2, 0.25) is 0 Å². The van der Waals surface area contributed by atoms with E-state index >= 15 is 0 Å². The number of H-pyrrole nitrogens is 1. The second-order valence-electron chi connectivity index (χ2n) is 3.53. The van der Waals surface area contributed by atoms with E-state index < -0.39 is 0 Å². The normalized spacial score (nSPS) is 10.1. The Morgan fingerprint density at radius 3 is 2.75 bits per heavy atom. The first-order chi connectivity index (χ1) is 7.65. The summed E-state index contributed by atoms with van der Waals surface area (Å²) in [6.07, 6.45) is 1.82. The van der Waals surface area contributed by atoms with Gasteiger partial charge in [0.1, 0.15) is 4.64 Å². The quantitative estimate of drug-likeness (QED) is 0.771. The van der Waals surface area contributed by atoms with E-state index in [2.05, 4.69) is 10.3 Å². The molecule has 0 aliphatic heterocycles. The van der Waals surface area contributed by atoms with Crippen molar-refractivity contribution in [2.24, 2.45) is 0 Å². The topological polar surface area (TPSA) is 27.8 Å². The molecule has 0 aliphatic rings. The average molecular weight is 251 g/mol. The van der Waals surface area contributed by atoms with Gasteiger partial charge in [0, 0.05) is 22.6 Å². The molecule has 82 valence electrons. The highest BCUT2D eigenvalue weighted by Gasteiger charge is 1.99. The van der Waals surface area contributed by atoms with Crippen molar-refractivity contribution in [2.75, 3.05) is 5.32 Å². The number of halogens is 1. The first-order valence-electron chi connectivity index (χ1n) is 4.87. The minimum absolute atomic E-state index is 0.705. The van der Waals surface area contributed by atoms with Crippen molar-refractivity contribution in [1.29, 1.82) is 0 Å². The molecule has 0 spiro atoms. The first kappa shape index (κ1) is 11.2. The van der Waals surface area contributed by atoms with E-state index in [-0.39, 0.29) is 0 Å². The summed E-state index contributed by atoms with van der Waals surface area (Å²) in [6, 6.07) is 9.55. The molecule has 2 rings (SSSR count). The number of nitrogens with one attached hydrogen (secondary N) is 2. The molecular formula is C12H11ClN2S. The Morgan fingerprint density at radius 2 is 2.06 bits per heavy atom. The number of hydrogen-bond acceptors (Lipinski definition) is 2. The Morgan fingerprint density at radius 1 is 1.25 bits per heavy atom. The maximum Gasteiger partial charge on any atom is 0.105 e. The molecule has 2 N–H and O–H groups in total. The zero-order valence-electron chi connectivity index (χ0n) is 8.75. The highest BCUT2D eigenvalue weighted by molar-refractivity contribution is 7.71. The van der Waals surface area contributed by atoms with Crippen LogP contribution < -0.4 is 5.32 Å². The molecule has 0 saturated heterocycles. The smallest absolute Gasteiger partial charge is 0.105 e. The second-order valence-corrected chi connectivity index (χ2v) is 4.40. The van der Waals surface area contributed by atoms with Crippen LogP contribution in [0.5, 0.6) is 0 Å². The predicted molar refractivity (Wildman–Crippen MR) is 71.1 cm³/mol. The van der Waals surface area contributed by atoms with Crippen LogP contribution in [0.2, 0.25) is 5.02 Å². The van der Waals surface area contributed by atoms with Gasteiger partial charge in [-0.05, 0) is 42.8 Å². The lowest BCUT2D eigenvalue weighted by atomic mass is 10.2. The van der Waals surface area contributed by atoms with Gasteiger partial charge >= 0.3 is 0 Å². The summed E-state index contributed by atoms with van der Waals surface area (Å²) in [5.74, 6) is 0. The van der Waals surface area contributed by atoms with Gasteiger partial charge in [-0.15, -0.1) is 0 Å². The number of aromatic nitrogens is 1. The monoisotopic (exact) mass is 250 g/mol. The predicted octanol–water partition coefficient (Wildman–Crippen LogP) is 4.45. The van der Waals surface area contributed by atoms with Crippen LogP contribution in [0.1, 0.15) is 5.56 Å². The number of aromatic amines is 1. The molecule has 16 heavy (non-hydrogen) atoms. The molecule has 0 amide bonds. The van der Waals surface area contributed by atoms with Crippen LogP contribution in [0.25, 0.3) is 0 Å². The summed E-state index contributed by atoms with van der Waals surface area (Å²) in [5.41, 5.74) is 3.10. The summed E-state index contributed by atoms with van der Waals surface area (Å²) in [4.78, 5) is 2.93. The van der Waals surface area contributed by atoms with E-state index in [1.54, 1.807) is 0 Å². The van der Waals surface area contributed by atoms with E-state index in [4.69, 9.17) is 23.8 Å². The van der Waals surface area contributed by atoms with Crippen molar-refractivity contribution in [1.82, 2.24) is 4.98 Å². The highest BCUT2D eigenvalue weighted by atomic mass is 35.5. The van der Waals surface area contributed by atoms with Crippen LogP contribution >= 0.6 is 23.8 Å². The van der Waals surface area contributed by atoms with Crippen molar-refractivity contribution in [3.8, 4) is 0 Å². The van der Waals surface area contributed by atoms with Crippen LogP contribution in [-0.4, -0.2) is 4.98 Å². The molecule has 2 nitrogen and oxygen atoms in total. The van der Waals surface area contributed by atoms with Crippen LogP contribution in [0.4, 0.5) is 11.4 Å². The second kappa shape index (κ2) is 4.68. The van der Waals surface area contributed by atoms with Crippen LogP contribution in [0.15, 0.2) is 36.5 Å². The van der Waals surface area contributed by atoms with Gasteiger partial charge in [0.25, 0.3) is 0 Å². The molecular weight excluding hydrogens is 240 g/mol. The van der Waals surface area contributed by atoms with Gasteiger partial charge in [-0.2, -0.15) is 0 Å². The van der Waals surface area contributed by atoms with Gasteiger partial charge in [0.15, 0.2) is 0 Å². The Bertz CT molecular complexity index is 563. The average Bonchev–Trinajstić information content (AvgIpc) is 2.22. The fraction of sp³-hybridized carbons (Fsp3) is 0.0833.